The molecule has 35 heavy (non-hydrogen) atoms. The zero-order chi connectivity index (χ0) is 24.0. The first-order chi connectivity index (χ1) is 17.2. The molecule has 2 aliphatic rings. The van der Waals surface area contributed by atoms with Crippen LogP contribution in [0.1, 0.15) is 54.6 Å². The average molecular weight is 470 g/mol. The summed E-state index contributed by atoms with van der Waals surface area (Å²) in [5.74, 6) is -0.0408. The number of H-pyrrole nitrogens is 1. The van der Waals surface area contributed by atoms with E-state index in [1.807, 2.05) is 42.5 Å². The fourth-order valence-electron chi connectivity index (χ4n) is 5.49. The summed E-state index contributed by atoms with van der Waals surface area (Å²) in [5, 5.41) is 13.5. The number of fused-ring (bicyclic) bond motifs is 1. The molecule has 0 unspecified atom stereocenters. The fourth-order valence-corrected chi connectivity index (χ4v) is 5.49. The second kappa shape index (κ2) is 11.1. The molecule has 2 aromatic carbocycles. The zero-order valence-electron chi connectivity index (χ0n) is 20.4. The van der Waals surface area contributed by atoms with Gasteiger partial charge in [0.25, 0.3) is 5.91 Å². The van der Waals surface area contributed by atoms with E-state index in [9.17, 15) is 10.1 Å². The van der Waals surface area contributed by atoms with Crippen molar-refractivity contribution < 1.29 is 4.79 Å². The number of aromatic amines is 1. The van der Waals surface area contributed by atoms with E-state index in [-0.39, 0.29) is 11.9 Å². The molecular weight excluding hydrogens is 434 g/mol. The Morgan fingerprint density at radius 3 is 2.40 bits per heavy atom. The maximum absolute atomic E-state index is 13.1. The Kier molecular flexibility index (Phi) is 7.46. The van der Waals surface area contributed by atoms with Crippen molar-refractivity contribution in [3.8, 4) is 17.2 Å². The second-order valence-corrected chi connectivity index (χ2v) is 9.99. The van der Waals surface area contributed by atoms with Gasteiger partial charge in [0, 0.05) is 43.1 Å². The Balaban J connectivity index is 1.18. The predicted molar refractivity (Wildman–Crippen MR) is 140 cm³/mol. The minimum absolute atomic E-state index is 0.0408. The van der Waals surface area contributed by atoms with Crippen LogP contribution < -0.4 is 5.32 Å². The molecular formula is C29H35N5O. The lowest BCUT2D eigenvalue weighted by Crippen LogP contribution is -2.46. The summed E-state index contributed by atoms with van der Waals surface area (Å²) in [4.78, 5) is 21.6. The number of hydrogen-bond donors (Lipinski definition) is 2. The van der Waals surface area contributed by atoms with Gasteiger partial charge in [0.1, 0.15) is 5.69 Å². The number of rotatable bonds is 6. The van der Waals surface area contributed by atoms with E-state index in [2.05, 4.69) is 26.2 Å². The largest absolute Gasteiger partial charge is 0.351 e. The summed E-state index contributed by atoms with van der Waals surface area (Å²) in [6.45, 7) is 6.91. The van der Waals surface area contributed by atoms with Crippen LogP contribution in [-0.4, -0.2) is 66.0 Å². The average Bonchev–Trinajstić information content (AvgIpc) is 3.17. The summed E-state index contributed by atoms with van der Waals surface area (Å²) in [6.07, 6.45) is 7.45. The van der Waals surface area contributed by atoms with Gasteiger partial charge >= 0.3 is 0 Å². The van der Waals surface area contributed by atoms with E-state index in [1.165, 1.54) is 45.3 Å². The second-order valence-electron chi connectivity index (χ2n) is 9.99. The first kappa shape index (κ1) is 23.6. The molecule has 182 valence electrons. The van der Waals surface area contributed by atoms with E-state index in [4.69, 9.17) is 0 Å². The molecule has 1 amide bonds. The molecule has 3 heterocycles. The van der Waals surface area contributed by atoms with Gasteiger partial charge in [-0.3, -0.25) is 4.79 Å². The van der Waals surface area contributed by atoms with Gasteiger partial charge in [-0.15, -0.1) is 0 Å². The van der Waals surface area contributed by atoms with Gasteiger partial charge in [0.2, 0.25) is 0 Å². The third-order valence-corrected chi connectivity index (χ3v) is 7.57. The SMILES string of the molecule is N#Cc1cccc(-c2cccc3[nH]c(C(=O)NC4CCN(CCN5CCCCCC5)CC4)cc23)c1. The van der Waals surface area contributed by atoms with Crippen LogP contribution in [0.25, 0.3) is 22.0 Å². The molecule has 6 heteroatoms. The highest BCUT2D eigenvalue weighted by molar-refractivity contribution is 6.03. The number of likely N-dealkylation sites (tertiary alicyclic amines) is 2. The Hall–Kier alpha value is -3.14. The highest BCUT2D eigenvalue weighted by atomic mass is 16.1. The van der Waals surface area contributed by atoms with Crippen molar-refractivity contribution in [2.45, 2.75) is 44.6 Å². The standard InChI is InChI=1S/C29H35N5O/c30-21-22-7-5-8-23(19-22)25-9-6-10-27-26(25)20-28(32-27)29(35)31-24-11-15-34(16-12-24)18-17-33-13-3-1-2-4-14-33/h5-10,19-20,24,32H,1-4,11-18H2,(H,31,35). The van der Waals surface area contributed by atoms with Crippen molar-refractivity contribution in [3.63, 3.8) is 0 Å². The molecule has 0 spiro atoms. The van der Waals surface area contributed by atoms with Crippen LogP contribution in [0.5, 0.6) is 0 Å². The van der Waals surface area contributed by atoms with Gasteiger partial charge in [-0.05, 0) is 74.2 Å². The number of nitrogens with one attached hydrogen (secondary N) is 2. The molecule has 5 rings (SSSR count). The van der Waals surface area contributed by atoms with Crippen LogP contribution >= 0.6 is 0 Å². The topological polar surface area (TPSA) is 75.2 Å². The molecule has 0 aliphatic carbocycles. The van der Waals surface area contributed by atoms with Gasteiger partial charge in [-0.2, -0.15) is 5.26 Å². The highest BCUT2D eigenvalue weighted by Crippen LogP contribution is 2.30. The third-order valence-electron chi connectivity index (χ3n) is 7.57. The monoisotopic (exact) mass is 469 g/mol. The van der Waals surface area contributed by atoms with Crippen LogP contribution in [0.4, 0.5) is 0 Å². The van der Waals surface area contributed by atoms with E-state index in [0.29, 0.717) is 11.3 Å². The minimum atomic E-state index is -0.0408. The van der Waals surface area contributed by atoms with Gasteiger partial charge < -0.3 is 20.1 Å². The summed E-state index contributed by atoms with van der Waals surface area (Å²) in [6, 6.07) is 18.0. The minimum Gasteiger partial charge on any atom is -0.351 e. The Bertz CT molecular complexity index is 1190. The van der Waals surface area contributed by atoms with Crippen LogP contribution in [0.3, 0.4) is 0 Å². The maximum Gasteiger partial charge on any atom is 0.267 e. The Morgan fingerprint density at radius 1 is 0.943 bits per heavy atom. The van der Waals surface area contributed by atoms with Gasteiger partial charge in [-0.25, -0.2) is 0 Å². The number of carbonyl (C=O) groups excluding carboxylic acids is 1. The number of nitrogens with zero attached hydrogens (tertiary/aromatic N) is 3. The molecule has 2 N–H and O–H groups in total. The zero-order valence-corrected chi connectivity index (χ0v) is 20.4. The summed E-state index contributed by atoms with van der Waals surface area (Å²) < 4.78 is 0. The first-order valence-corrected chi connectivity index (χ1v) is 13.1. The lowest BCUT2D eigenvalue weighted by molar-refractivity contribution is 0.0902. The Morgan fingerprint density at radius 2 is 1.66 bits per heavy atom. The fraction of sp³-hybridized carbons (Fsp3) is 0.448. The molecule has 2 aliphatic heterocycles. The molecule has 0 atom stereocenters. The quantitative estimate of drug-likeness (QED) is 0.545. The van der Waals surface area contributed by atoms with Crippen molar-refractivity contribution in [1.29, 1.82) is 5.26 Å². The molecule has 1 aromatic heterocycles. The number of nitriles is 1. The van der Waals surface area contributed by atoms with Gasteiger partial charge in [0.05, 0.1) is 11.6 Å². The van der Waals surface area contributed by atoms with Gasteiger partial charge in [-0.1, -0.05) is 37.1 Å². The number of hydrogen-bond acceptors (Lipinski definition) is 4. The molecule has 6 nitrogen and oxygen atoms in total. The summed E-state index contributed by atoms with van der Waals surface area (Å²) in [5.41, 5.74) is 4.15. The first-order valence-electron chi connectivity index (χ1n) is 13.1. The van der Waals surface area contributed by atoms with Crippen molar-refractivity contribution in [3.05, 3.63) is 59.8 Å². The molecule has 2 saturated heterocycles. The lowest BCUT2D eigenvalue weighted by Gasteiger charge is -2.33. The van der Waals surface area contributed by atoms with Crippen LogP contribution in [0.15, 0.2) is 48.5 Å². The molecule has 0 bridgehead atoms. The van der Waals surface area contributed by atoms with E-state index in [0.717, 1.165) is 54.5 Å². The van der Waals surface area contributed by atoms with Crippen molar-refractivity contribution in [1.82, 2.24) is 20.1 Å². The smallest absolute Gasteiger partial charge is 0.267 e. The molecule has 0 saturated carbocycles. The maximum atomic E-state index is 13.1. The number of carbonyl (C=O) groups is 1. The molecule has 2 fully saturated rings. The van der Waals surface area contributed by atoms with Crippen LogP contribution in [-0.2, 0) is 0 Å². The predicted octanol–water partition coefficient (Wildman–Crippen LogP) is 4.78. The van der Waals surface area contributed by atoms with E-state index in [1.54, 1.807) is 6.07 Å². The van der Waals surface area contributed by atoms with E-state index >= 15 is 0 Å². The third kappa shape index (κ3) is 5.75. The number of benzene rings is 2. The van der Waals surface area contributed by atoms with Gasteiger partial charge in [0.15, 0.2) is 0 Å². The Labute approximate surface area is 207 Å². The van der Waals surface area contributed by atoms with Crippen molar-refractivity contribution in [2.75, 3.05) is 39.3 Å². The number of piperidine rings is 1. The molecule has 3 aromatic rings. The summed E-state index contributed by atoms with van der Waals surface area (Å²) >= 11 is 0. The number of amides is 1. The van der Waals surface area contributed by atoms with Crippen LogP contribution in [0, 0.1) is 11.3 Å². The van der Waals surface area contributed by atoms with Crippen molar-refractivity contribution >= 4 is 16.8 Å². The van der Waals surface area contributed by atoms with E-state index < -0.39 is 0 Å². The highest BCUT2D eigenvalue weighted by Gasteiger charge is 2.22. The molecule has 0 radical (unpaired) electrons. The normalized spacial score (nSPS) is 18.3. The number of aromatic nitrogens is 1. The lowest BCUT2D eigenvalue weighted by atomic mass is 10.00. The summed E-state index contributed by atoms with van der Waals surface area (Å²) in [7, 11) is 0. The van der Waals surface area contributed by atoms with Crippen molar-refractivity contribution in [2.24, 2.45) is 0 Å². The van der Waals surface area contributed by atoms with Crippen LogP contribution in [0.2, 0.25) is 0 Å².